The first-order chi connectivity index (χ1) is 21.7. The summed E-state index contributed by atoms with van der Waals surface area (Å²) in [6, 6.07) is 14.6. The van der Waals surface area contributed by atoms with Crippen molar-refractivity contribution in [3.05, 3.63) is 65.7 Å². The van der Waals surface area contributed by atoms with Gasteiger partial charge in [-0.1, -0.05) is 56.3 Å². The maximum Gasteiger partial charge on any atom is 0.255 e. The molecule has 4 amide bonds. The molecule has 4 rings (SSSR count). The van der Waals surface area contributed by atoms with E-state index in [0.717, 1.165) is 12.1 Å². The highest BCUT2D eigenvalue weighted by atomic mass is 16.5. The predicted octanol–water partition coefficient (Wildman–Crippen LogP) is 1.96. The molecule has 0 aliphatic carbocycles. The molecule has 0 saturated carbocycles. The zero-order valence-corrected chi connectivity index (χ0v) is 26.9. The van der Waals surface area contributed by atoms with E-state index in [2.05, 4.69) is 15.5 Å². The van der Waals surface area contributed by atoms with Gasteiger partial charge in [-0.05, 0) is 36.5 Å². The highest BCUT2D eigenvalue weighted by molar-refractivity contribution is 6.00. The number of amides is 4. The smallest absolute Gasteiger partial charge is 0.255 e. The number of ether oxygens (including phenoxy) is 2. The van der Waals surface area contributed by atoms with E-state index in [0.29, 0.717) is 45.0 Å². The first kappa shape index (κ1) is 33.9. The van der Waals surface area contributed by atoms with Gasteiger partial charge in [0.2, 0.25) is 17.7 Å². The molecule has 2 aromatic carbocycles. The molecular formula is C34H47N5O6. The van der Waals surface area contributed by atoms with Crippen LogP contribution in [0, 0.1) is 5.92 Å². The zero-order chi connectivity index (χ0) is 32.3. The van der Waals surface area contributed by atoms with Crippen LogP contribution in [0.4, 0.5) is 0 Å². The molecule has 244 valence electrons. The van der Waals surface area contributed by atoms with Gasteiger partial charge >= 0.3 is 0 Å². The fourth-order valence-corrected chi connectivity index (χ4v) is 5.72. The van der Waals surface area contributed by atoms with Gasteiger partial charge in [0.05, 0.1) is 18.2 Å². The molecule has 11 heteroatoms. The molecule has 2 heterocycles. The normalized spacial score (nSPS) is 22.5. The third-order valence-corrected chi connectivity index (χ3v) is 8.58. The van der Waals surface area contributed by atoms with Crippen LogP contribution in [-0.4, -0.2) is 117 Å². The van der Waals surface area contributed by atoms with E-state index in [-0.39, 0.29) is 54.7 Å². The molecule has 0 radical (unpaired) electrons. The number of hydrogen-bond acceptors (Lipinski definition) is 7. The second-order valence-electron chi connectivity index (χ2n) is 12.1. The summed E-state index contributed by atoms with van der Waals surface area (Å²) in [7, 11) is 3.39. The number of carbonyl (C=O) groups is 4. The summed E-state index contributed by atoms with van der Waals surface area (Å²) in [4.78, 5) is 60.2. The Bertz CT molecular complexity index is 1300. The molecule has 1 saturated heterocycles. The van der Waals surface area contributed by atoms with Crippen molar-refractivity contribution in [2.45, 2.75) is 51.2 Å². The van der Waals surface area contributed by atoms with Crippen molar-refractivity contribution < 1.29 is 28.7 Å². The second kappa shape index (κ2) is 16.4. The van der Waals surface area contributed by atoms with E-state index in [4.69, 9.17) is 9.47 Å². The Hall–Kier alpha value is -3.96. The number of nitrogens with one attached hydrogen (secondary N) is 2. The van der Waals surface area contributed by atoms with E-state index < -0.39 is 18.0 Å². The number of carbonyl (C=O) groups excluding carboxylic acids is 4. The van der Waals surface area contributed by atoms with Gasteiger partial charge in [0.1, 0.15) is 24.4 Å². The lowest BCUT2D eigenvalue weighted by Gasteiger charge is -2.36. The minimum Gasteiger partial charge on any atom is -0.491 e. The Balaban J connectivity index is 1.61. The van der Waals surface area contributed by atoms with E-state index in [9.17, 15) is 19.2 Å². The minimum atomic E-state index is -0.923. The van der Waals surface area contributed by atoms with Gasteiger partial charge in [0, 0.05) is 53.3 Å². The summed E-state index contributed by atoms with van der Waals surface area (Å²) in [6.45, 7) is 7.73. The lowest BCUT2D eigenvalue weighted by Crippen LogP contribution is -2.56. The molecule has 2 aliphatic heterocycles. The minimum absolute atomic E-state index is 0.0315. The maximum atomic E-state index is 13.9. The standard InChI is InChI=1S/C34H47N5O6/c1-24(2)31-34(43)37(3)26(22-25-10-6-5-7-11-25)23-45-29-13-9-8-12-27(29)32(41)35-28(14-15-30(40)36-31)33(42)39-18-16-38(17-19-39)20-21-44-4/h5-13,24,26,28,31H,14-23H2,1-4H3,(H,35,41)(H,36,40)/t26-,28+,31+/m1/s1. The van der Waals surface area contributed by atoms with Crippen LogP contribution in [0.25, 0.3) is 0 Å². The Morgan fingerprint density at radius 3 is 2.36 bits per heavy atom. The summed E-state index contributed by atoms with van der Waals surface area (Å²) < 4.78 is 11.4. The molecule has 0 unspecified atom stereocenters. The number of methoxy groups -OCH3 is 1. The van der Waals surface area contributed by atoms with Crippen molar-refractivity contribution in [2.75, 3.05) is 60.1 Å². The fraction of sp³-hybridized carbons (Fsp3) is 0.529. The third kappa shape index (κ3) is 9.27. The lowest BCUT2D eigenvalue weighted by atomic mass is 9.99. The largest absolute Gasteiger partial charge is 0.491 e. The molecule has 3 atom stereocenters. The topological polar surface area (TPSA) is 121 Å². The van der Waals surface area contributed by atoms with Crippen LogP contribution >= 0.6 is 0 Å². The van der Waals surface area contributed by atoms with E-state index in [1.54, 1.807) is 48.2 Å². The third-order valence-electron chi connectivity index (χ3n) is 8.58. The molecule has 0 spiro atoms. The van der Waals surface area contributed by atoms with Gasteiger partial charge in [-0.25, -0.2) is 0 Å². The Kier molecular flexibility index (Phi) is 12.3. The van der Waals surface area contributed by atoms with Crippen LogP contribution in [-0.2, 0) is 25.5 Å². The molecular weight excluding hydrogens is 574 g/mol. The molecule has 1 fully saturated rings. The number of likely N-dealkylation sites (N-methyl/N-ethyl adjacent to an activating group) is 1. The highest BCUT2D eigenvalue weighted by Gasteiger charge is 2.34. The number of fused-ring (bicyclic) bond motifs is 1. The quantitative estimate of drug-likeness (QED) is 0.485. The average molecular weight is 622 g/mol. The van der Waals surface area contributed by atoms with Gasteiger partial charge < -0.3 is 29.9 Å². The number of hydrogen-bond donors (Lipinski definition) is 2. The van der Waals surface area contributed by atoms with Gasteiger partial charge in [0.25, 0.3) is 5.91 Å². The van der Waals surface area contributed by atoms with Crippen molar-refractivity contribution in [3.63, 3.8) is 0 Å². The number of piperazine rings is 1. The monoisotopic (exact) mass is 621 g/mol. The first-order valence-corrected chi connectivity index (χ1v) is 15.8. The summed E-state index contributed by atoms with van der Waals surface area (Å²) >= 11 is 0. The van der Waals surface area contributed by atoms with E-state index in [1.807, 2.05) is 44.2 Å². The van der Waals surface area contributed by atoms with Crippen LogP contribution in [0.5, 0.6) is 5.75 Å². The van der Waals surface area contributed by atoms with Gasteiger partial charge in [0.15, 0.2) is 0 Å². The lowest BCUT2D eigenvalue weighted by molar-refractivity contribution is -0.139. The molecule has 2 aromatic rings. The SMILES string of the molecule is COCCN1CCN(C(=O)[C@@H]2CCC(=O)N[C@@H](C(C)C)C(=O)N(C)[C@H](Cc3ccccc3)COc3ccccc3C(=O)N2)CC1. The molecule has 2 aliphatic rings. The Morgan fingerprint density at radius 1 is 0.978 bits per heavy atom. The number of para-hydroxylation sites is 1. The Morgan fingerprint density at radius 2 is 1.67 bits per heavy atom. The summed E-state index contributed by atoms with van der Waals surface area (Å²) in [5.41, 5.74) is 1.31. The Labute approximate surface area is 266 Å². The second-order valence-corrected chi connectivity index (χ2v) is 12.1. The zero-order valence-electron chi connectivity index (χ0n) is 26.9. The fourth-order valence-electron chi connectivity index (χ4n) is 5.72. The number of nitrogens with zero attached hydrogens (tertiary/aromatic N) is 3. The molecule has 45 heavy (non-hydrogen) atoms. The van der Waals surface area contributed by atoms with Crippen LogP contribution in [0.2, 0.25) is 0 Å². The maximum absolute atomic E-state index is 13.9. The predicted molar refractivity (Wildman–Crippen MR) is 171 cm³/mol. The van der Waals surface area contributed by atoms with Gasteiger partial charge in [-0.3, -0.25) is 24.1 Å². The molecule has 11 nitrogen and oxygen atoms in total. The number of rotatable bonds is 7. The van der Waals surface area contributed by atoms with Crippen LogP contribution < -0.4 is 15.4 Å². The first-order valence-electron chi connectivity index (χ1n) is 15.8. The van der Waals surface area contributed by atoms with Crippen molar-refractivity contribution in [3.8, 4) is 5.75 Å². The molecule has 2 N–H and O–H groups in total. The highest BCUT2D eigenvalue weighted by Crippen LogP contribution is 2.21. The van der Waals surface area contributed by atoms with Crippen molar-refractivity contribution >= 4 is 23.6 Å². The van der Waals surface area contributed by atoms with E-state index in [1.165, 1.54) is 0 Å². The summed E-state index contributed by atoms with van der Waals surface area (Å²) in [5.74, 6) is -1.08. The van der Waals surface area contributed by atoms with Gasteiger partial charge in [-0.15, -0.1) is 0 Å². The van der Waals surface area contributed by atoms with Crippen molar-refractivity contribution in [1.82, 2.24) is 25.3 Å². The summed E-state index contributed by atoms with van der Waals surface area (Å²) in [5, 5.41) is 5.82. The average Bonchev–Trinajstić information content (AvgIpc) is 3.05. The van der Waals surface area contributed by atoms with Crippen LogP contribution in [0.3, 0.4) is 0 Å². The number of benzene rings is 2. The van der Waals surface area contributed by atoms with Crippen molar-refractivity contribution in [2.24, 2.45) is 5.92 Å². The van der Waals surface area contributed by atoms with E-state index >= 15 is 0 Å². The summed E-state index contributed by atoms with van der Waals surface area (Å²) in [6.07, 6.45) is 0.580. The van der Waals surface area contributed by atoms with Gasteiger partial charge in [-0.2, -0.15) is 0 Å². The molecule has 0 aromatic heterocycles. The molecule has 0 bridgehead atoms. The van der Waals surface area contributed by atoms with Crippen molar-refractivity contribution in [1.29, 1.82) is 0 Å². The van der Waals surface area contributed by atoms with Crippen LogP contribution in [0.15, 0.2) is 54.6 Å². The van der Waals surface area contributed by atoms with Crippen LogP contribution in [0.1, 0.15) is 42.6 Å².